The molecule has 0 aromatic heterocycles. The molecule has 0 spiro atoms. The predicted octanol–water partition coefficient (Wildman–Crippen LogP) is 3.34. The lowest BCUT2D eigenvalue weighted by molar-refractivity contribution is -0.159. The highest BCUT2D eigenvalue weighted by Crippen LogP contribution is 2.56. The largest absolute Gasteiger partial charge is 0.497 e. The molecule has 2 unspecified atom stereocenters. The molecule has 3 saturated heterocycles. The Morgan fingerprint density at radius 1 is 1.03 bits per heavy atom. The molecule has 2 amide bonds. The van der Waals surface area contributed by atoms with Crippen LogP contribution in [0.2, 0.25) is 0 Å². The number of methoxy groups -OCH3 is 1. The van der Waals surface area contributed by atoms with E-state index in [1.54, 1.807) is 31.0 Å². The Labute approximate surface area is 184 Å². The molecule has 8 heteroatoms. The number of carbonyl (C=O) groups is 2. The molecule has 5 rings (SSSR count). The van der Waals surface area contributed by atoms with Crippen molar-refractivity contribution in [2.24, 2.45) is 0 Å². The highest BCUT2D eigenvalue weighted by Gasteiger charge is 2.59. The van der Waals surface area contributed by atoms with Gasteiger partial charge in [0, 0.05) is 14.1 Å². The first-order valence-corrected chi connectivity index (χ1v) is 11.4. The molecule has 2 aromatic rings. The maximum Gasteiger partial charge on any atom is 0.262 e. The average Bonchev–Trinajstić information content (AvgIpc) is 2.96. The summed E-state index contributed by atoms with van der Waals surface area (Å²) in [5, 5.41) is -0.549. The van der Waals surface area contributed by atoms with Crippen LogP contribution in [0.25, 0.3) is 0 Å². The number of benzene rings is 2. The zero-order valence-corrected chi connectivity index (χ0v) is 18.7. The van der Waals surface area contributed by atoms with Gasteiger partial charge in [-0.15, -0.1) is 23.5 Å². The Hall–Kier alpha value is -2.16. The second-order valence-electron chi connectivity index (χ2n) is 7.29. The molecule has 30 heavy (non-hydrogen) atoms. The number of likely N-dealkylation sites (N-methyl/N-ethyl adjacent to an activating group) is 2. The third kappa shape index (κ3) is 3.68. The highest BCUT2D eigenvalue weighted by atomic mass is 32.2. The summed E-state index contributed by atoms with van der Waals surface area (Å²) in [6.07, 6.45) is 0. The van der Waals surface area contributed by atoms with Crippen LogP contribution in [0, 0.1) is 0 Å². The molecule has 3 atom stereocenters. The average molecular weight is 445 g/mol. The van der Waals surface area contributed by atoms with Crippen LogP contribution in [-0.4, -0.2) is 59.7 Å². The van der Waals surface area contributed by atoms with Gasteiger partial charge in [-0.1, -0.05) is 42.5 Å². The lowest BCUT2D eigenvalue weighted by Gasteiger charge is -2.45. The van der Waals surface area contributed by atoms with Gasteiger partial charge in [-0.05, 0) is 23.3 Å². The first-order chi connectivity index (χ1) is 14.5. The van der Waals surface area contributed by atoms with E-state index < -0.39 is 10.2 Å². The highest BCUT2D eigenvalue weighted by molar-refractivity contribution is 8.18. The zero-order valence-electron chi connectivity index (χ0n) is 17.1. The molecule has 3 aliphatic rings. The summed E-state index contributed by atoms with van der Waals surface area (Å²) in [7, 11) is 5.04. The fraction of sp³-hybridized carbons (Fsp3) is 0.364. The number of rotatable bonds is 6. The quantitative estimate of drug-likeness (QED) is 0.681. The Kier molecular flexibility index (Phi) is 5.99. The molecular formula is C22H24N2O4S2. The molecule has 3 fully saturated rings. The van der Waals surface area contributed by atoms with Crippen LogP contribution in [-0.2, 0) is 20.9 Å². The summed E-state index contributed by atoms with van der Waals surface area (Å²) in [4.78, 5) is 28.5. The summed E-state index contributed by atoms with van der Waals surface area (Å²) in [6, 6.07) is 17.6. The lowest BCUT2D eigenvalue weighted by atomic mass is 10.1. The minimum absolute atomic E-state index is 0.0751. The summed E-state index contributed by atoms with van der Waals surface area (Å²) in [5.74, 6) is 0.595. The minimum atomic E-state index is -1.11. The van der Waals surface area contributed by atoms with Gasteiger partial charge >= 0.3 is 0 Å². The number of amides is 2. The molecule has 3 aliphatic heterocycles. The van der Waals surface area contributed by atoms with Gasteiger partial charge in [0.15, 0.2) is 10.2 Å². The van der Waals surface area contributed by atoms with Crippen LogP contribution < -0.4 is 4.74 Å². The molecule has 0 N–H and O–H groups in total. The third-order valence-corrected chi connectivity index (χ3v) is 8.80. The molecule has 0 aliphatic carbocycles. The molecule has 0 saturated carbocycles. The Morgan fingerprint density at radius 2 is 1.73 bits per heavy atom. The number of piperazine rings is 1. The number of nitrogens with zero attached hydrogens (tertiary/aromatic N) is 2. The summed E-state index contributed by atoms with van der Waals surface area (Å²) in [6.45, 7) is 0.504. The van der Waals surface area contributed by atoms with E-state index >= 15 is 0 Å². The Balaban J connectivity index is 1.63. The van der Waals surface area contributed by atoms with E-state index in [1.807, 2.05) is 54.6 Å². The number of hydrogen-bond donors (Lipinski definition) is 0. The van der Waals surface area contributed by atoms with Gasteiger partial charge in [-0.25, -0.2) is 0 Å². The van der Waals surface area contributed by atoms with E-state index in [0.717, 1.165) is 16.9 Å². The van der Waals surface area contributed by atoms with Gasteiger partial charge in [0.2, 0.25) is 0 Å². The zero-order chi connectivity index (χ0) is 21.3. The molecule has 0 radical (unpaired) electrons. The first kappa shape index (κ1) is 21.1. The van der Waals surface area contributed by atoms with Crippen molar-refractivity contribution in [3.8, 4) is 5.75 Å². The van der Waals surface area contributed by atoms with Gasteiger partial charge in [0.1, 0.15) is 5.75 Å². The number of fused-ring (bicyclic) bond motifs is 4. The van der Waals surface area contributed by atoms with Gasteiger partial charge < -0.3 is 19.3 Å². The Bertz CT molecular complexity index is 924. The molecule has 6 nitrogen and oxygen atoms in total. The smallest absolute Gasteiger partial charge is 0.262 e. The van der Waals surface area contributed by atoms with Gasteiger partial charge in [0.05, 0.1) is 24.9 Å². The van der Waals surface area contributed by atoms with Crippen molar-refractivity contribution in [1.82, 2.24) is 9.80 Å². The number of thioether (sulfide) groups is 2. The second kappa shape index (κ2) is 8.53. The Morgan fingerprint density at radius 3 is 2.40 bits per heavy atom. The van der Waals surface area contributed by atoms with Gasteiger partial charge in [-0.3, -0.25) is 9.59 Å². The molecule has 2 bridgehead atoms. The lowest BCUT2D eigenvalue weighted by Crippen LogP contribution is -2.67. The minimum Gasteiger partial charge on any atom is -0.497 e. The van der Waals surface area contributed by atoms with Crippen LogP contribution in [0.5, 0.6) is 5.75 Å². The van der Waals surface area contributed by atoms with Crippen LogP contribution in [0.4, 0.5) is 0 Å². The van der Waals surface area contributed by atoms with Crippen LogP contribution in [0.15, 0.2) is 54.6 Å². The van der Waals surface area contributed by atoms with Crippen LogP contribution in [0.3, 0.4) is 0 Å². The fourth-order valence-corrected chi connectivity index (χ4v) is 7.03. The van der Waals surface area contributed by atoms with Gasteiger partial charge in [0.25, 0.3) is 11.8 Å². The normalized spacial score (nSPS) is 26.1. The SMILES string of the molecule is COc1ccc(C2SC3C(=O)N(C)[C@@](COCc4ccccc4)(S2)C(=O)N3C)cc1. The number of carbonyl (C=O) groups excluding carboxylic acids is 2. The van der Waals surface area contributed by atoms with E-state index in [-0.39, 0.29) is 23.0 Å². The van der Waals surface area contributed by atoms with Crippen molar-refractivity contribution < 1.29 is 19.1 Å². The summed E-state index contributed by atoms with van der Waals surface area (Å²) in [5.41, 5.74) is 2.06. The third-order valence-electron chi connectivity index (χ3n) is 5.44. The van der Waals surface area contributed by atoms with Crippen LogP contribution in [0.1, 0.15) is 15.7 Å². The molecule has 3 heterocycles. The van der Waals surface area contributed by atoms with Crippen molar-refractivity contribution in [3.63, 3.8) is 0 Å². The topological polar surface area (TPSA) is 59.1 Å². The molecule has 2 aromatic carbocycles. The van der Waals surface area contributed by atoms with E-state index in [0.29, 0.717) is 6.61 Å². The van der Waals surface area contributed by atoms with E-state index in [4.69, 9.17) is 9.47 Å². The van der Waals surface area contributed by atoms with E-state index in [1.165, 1.54) is 23.5 Å². The van der Waals surface area contributed by atoms with Crippen molar-refractivity contribution in [2.75, 3.05) is 27.8 Å². The van der Waals surface area contributed by atoms with E-state index in [2.05, 4.69) is 0 Å². The maximum absolute atomic E-state index is 13.4. The standard InChI is InChI=1S/C22H24N2O4S2/c1-23-19-18(25)24(2)22(21(23)26,14-28-13-15-7-5-4-6-8-15)30-20(29-19)16-9-11-17(27-3)12-10-16/h4-12,19-20H,13-14H2,1-3H3/t19?,20?,22-/m0/s1. The van der Waals surface area contributed by atoms with Crippen LogP contribution >= 0.6 is 23.5 Å². The maximum atomic E-state index is 13.4. The molecular weight excluding hydrogens is 420 g/mol. The molecule has 158 valence electrons. The first-order valence-electron chi connectivity index (χ1n) is 9.60. The van der Waals surface area contributed by atoms with Crippen molar-refractivity contribution >= 4 is 35.3 Å². The predicted molar refractivity (Wildman–Crippen MR) is 119 cm³/mol. The monoisotopic (exact) mass is 444 g/mol. The van der Waals surface area contributed by atoms with Gasteiger partial charge in [-0.2, -0.15) is 0 Å². The fourth-order valence-electron chi connectivity index (χ4n) is 3.62. The van der Waals surface area contributed by atoms with Crippen molar-refractivity contribution in [2.45, 2.75) is 21.4 Å². The van der Waals surface area contributed by atoms with E-state index in [9.17, 15) is 9.59 Å². The number of ether oxygens (including phenoxy) is 2. The van der Waals surface area contributed by atoms with Crippen molar-refractivity contribution in [1.29, 1.82) is 0 Å². The van der Waals surface area contributed by atoms with Crippen molar-refractivity contribution in [3.05, 3.63) is 65.7 Å². The summed E-state index contributed by atoms with van der Waals surface area (Å²) >= 11 is 2.97. The summed E-state index contributed by atoms with van der Waals surface area (Å²) < 4.78 is 11.2. The number of hydrogen-bond acceptors (Lipinski definition) is 6. The second-order valence-corrected chi connectivity index (χ2v) is 10.2.